The molecule has 0 aliphatic heterocycles. The topological polar surface area (TPSA) is 37.3 Å². The summed E-state index contributed by atoms with van der Waals surface area (Å²) in [5.74, 6) is 0.702. The standard InChI is InChI=1S/C11H16O2/c1-10(9(12)13)7-2-3-8(6-7)11(10)4-5-11/h7-8H,2-6H2,1H3,(H,12,13)/t7-,8+,10-/m0/s1. The smallest absolute Gasteiger partial charge is 0.310 e. The number of rotatable bonds is 1. The Morgan fingerprint density at radius 1 is 1.31 bits per heavy atom. The molecular weight excluding hydrogens is 164 g/mol. The molecule has 0 aromatic carbocycles. The quantitative estimate of drug-likeness (QED) is 0.672. The third kappa shape index (κ3) is 0.628. The van der Waals surface area contributed by atoms with Crippen molar-refractivity contribution < 1.29 is 9.90 Å². The van der Waals surface area contributed by atoms with E-state index in [1.165, 1.54) is 25.7 Å². The summed E-state index contributed by atoms with van der Waals surface area (Å²) in [6, 6.07) is 0. The van der Waals surface area contributed by atoms with Crippen LogP contribution in [0.5, 0.6) is 0 Å². The Hall–Kier alpha value is -0.530. The SMILES string of the molecule is C[C@@]1(C(=O)O)[C@H]2CC[C@H](C2)C12CC2. The van der Waals surface area contributed by atoms with Crippen molar-refractivity contribution in [3.63, 3.8) is 0 Å². The fourth-order valence-corrected chi connectivity index (χ4v) is 4.29. The molecule has 2 heteroatoms. The number of carboxylic acids is 1. The number of hydrogen-bond acceptors (Lipinski definition) is 1. The van der Waals surface area contributed by atoms with E-state index >= 15 is 0 Å². The highest BCUT2D eigenvalue weighted by Crippen LogP contribution is 2.77. The van der Waals surface area contributed by atoms with Crippen molar-refractivity contribution in [1.29, 1.82) is 0 Å². The van der Waals surface area contributed by atoms with Crippen molar-refractivity contribution in [3.8, 4) is 0 Å². The van der Waals surface area contributed by atoms with E-state index in [1.54, 1.807) is 0 Å². The average Bonchev–Trinajstić information content (AvgIpc) is 2.67. The highest BCUT2D eigenvalue weighted by Gasteiger charge is 2.73. The van der Waals surface area contributed by atoms with Crippen LogP contribution in [-0.2, 0) is 4.79 Å². The third-order valence-corrected chi connectivity index (χ3v) is 5.30. The van der Waals surface area contributed by atoms with E-state index in [-0.39, 0.29) is 10.8 Å². The number of fused-ring (bicyclic) bond motifs is 3. The minimum Gasteiger partial charge on any atom is -0.481 e. The maximum absolute atomic E-state index is 11.4. The second-order valence-electron chi connectivity index (χ2n) is 5.37. The lowest BCUT2D eigenvalue weighted by Crippen LogP contribution is -2.42. The summed E-state index contributed by atoms with van der Waals surface area (Å²) in [7, 11) is 0. The van der Waals surface area contributed by atoms with Crippen LogP contribution in [0.25, 0.3) is 0 Å². The summed E-state index contributed by atoms with van der Waals surface area (Å²) in [6.45, 7) is 2.01. The molecule has 0 radical (unpaired) electrons. The Kier molecular flexibility index (Phi) is 1.17. The molecule has 3 aliphatic carbocycles. The first kappa shape index (κ1) is 7.84. The molecule has 3 rings (SSSR count). The Bertz CT molecular complexity index is 280. The van der Waals surface area contributed by atoms with Gasteiger partial charge in [-0.25, -0.2) is 0 Å². The molecule has 0 unspecified atom stereocenters. The summed E-state index contributed by atoms with van der Waals surface area (Å²) in [4.78, 5) is 11.4. The first-order chi connectivity index (χ1) is 6.11. The van der Waals surface area contributed by atoms with Crippen molar-refractivity contribution in [1.82, 2.24) is 0 Å². The number of carbonyl (C=O) groups is 1. The first-order valence-corrected chi connectivity index (χ1v) is 5.35. The van der Waals surface area contributed by atoms with Crippen LogP contribution in [0.15, 0.2) is 0 Å². The number of aliphatic carboxylic acids is 1. The molecule has 2 nitrogen and oxygen atoms in total. The van der Waals surface area contributed by atoms with Crippen molar-refractivity contribution in [2.75, 3.05) is 0 Å². The monoisotopic (exact) mass is 180 g/mol. The molecule has 1 N–H and O–H groups in total. The number of hydrogen-bond donors (Lipinski definition) is 1. The van der Waals surface area contributed by atoms with Crippen LogP contribution < -0.4 is 0 Å². The molecule has 13 heavy (non-hydrogen) atoms. The highest BCUT2D eigenvalue weighted by atomic mass is 16.4. The Balaban J connectivity index is 2.08. The molecule has 2 bridgehead atoms. The maximum Gasteiger partial charge on any atom is 0.310 e. The Morgan fingerprint density at radius 2 is 1.92 bits per heavy atom. The lowest BCUT2D eigenvalue weighted by Gasteiger charge is -2.38. The molecule has 0 heterocycles. The van der Waals surface area contributed by atoms with Crippen molar-refractivity contribution in [2.24, 2.45) is 22.7 Å². The van der Waals surface area contributed by atoms with Crippen LogP contribution >= 0.6 is 0 Å². The normalized spacial score (nSPS) is 49.9. The van der Waals surface area contributed by atoms with Crippen LogP contribution in [-0.4, -0.2) is 11.1 Å². The van der Waals surface area contributed by atoms with E-state index in [9.17, 15) is 9.90 Å². The molecule has 3 aliphatic rings. The maximum atomic E-state index is 11.4. The van der Waals surface area contributed by atoms with Gasteiger partial charge in [-0.2, -0.15) is 0 Å². The van der Waals surface area contributed by atoms with E-state index in [1.807, 2.05) is 6.92 Å². The largest absolute Gasteiger partial charge is 0.481 e. The van der Waals surface area contributed by atoms with Gasteiger partial charge in [-0.05, 0) is 56.3 Å². The van der Waals surface area contributed by atoms with Gasteiger partial charge in [0.25, 0.3) is 0 Å². The summed E-state index contributed by atoms with van der Waals surface area (Å²) in [5, 5.41) is 9.37. The van der Waals surface area contributed by atoms with Crippen molar-refractivity contribution >= 4 is 5.97 Å². The third-order valence-electron chi connectivity index (χ3n) is 5.30. The molecule has 72 valence electrons. The molecule has 3 fully saturated rings. The molecular formula is C11H16O2. The van der Waals surface area contributed by atoms with Gasteiger partial charge < -0.3 is 5.11 Å². The zero-order valence-electron chi connectivity index (χ0n) is 8.05. The van der Waals surface area contributed by atoms with Crippen molar-refractivity contribution in [3.05, 3.63) is 0 Å². The highest BCUT2D eigenvalue weighted by molar-refractivity contribution is 5.77. The van der Waals surface area contributed by atoms with Gasteiger partial charge in [0.15, 0.2) is 0 Å². The van der Waals surface area contributed by atoms with Crippen LogP contribution in [0.3, 0.4) is 0 Å². The fourth-order valence-electron chi connectivity index (χ4n) is 4.29. The van der Waals surface area contributed by atoms with Crippen LogP contribution in [0.4, 0.5) is 0 Å². The van der Waals surface area contributed by atoms with E-state index in [2.05, 4.69) is 0 Å². The van der Waals surface area contributed by atoms with Crippen LogP contribution in [0.2, 0.25) is 0 Å². The Morgan fingerprint density at radius 3 is 2.38 bits per heavy atom. The van der Waals surface area contributed by atoms with Crippen LogP contribution in [0, 0.1) is 22.7 Å². The molecule has 3 saturated carbocycles. The van der Waals surface area contributed by atoms with E-state index < -0.39 is 5.97 Å². The second-order valence-corrected chi connectivity index (χ2v) is 5.37. The minimum atomic E-state index is -0.530. The molecule has 0 aromatic rings. The van der Waals surface area contributed by atoms with Gasteiger partial charge in [0.05, 0.1) is 5.41 Å². The van der Waals surface area contributed by atoms with Crippen molar-refractivity contribution in [2.45, 2.75) is 39.0 Å². The van der Waals surface area contributed by atoms with Gasteiger partial charge in [0.1, 0.15) is 0 Å². The van der Waals surface area contributed by atoms with Gasteiger partial charge in [-0.3, -0.25) is 4.79 Å². The molecule has 0 aromatic heterocycles. The minimum absolute atomic E-state index is 0.238. The van der Waals surface area contributed by atoms with E-state index in [0.717, 1.165) is 12.3 Å². The van der Waals surface area contributed by atoms with Gasteiger partial charge in [-0.1, -0.05) is 0 Å². The molecule has 3 atom stereocenters. The van der Waals surface area contributed by atoms with Gasteiger partial charge >= 0.3 is 5.97 Å². The first-order valence-electron chi connectivity index (χ1n) is 5.35. The van der Waals surface area contributed by atoms with Gasteiger partial charge in [0, 0.05) is 0 Å². The predicted octanol–water partition coefficient (Wildman–Crippen LogP) is 2.29. The van der Waals surface area contributed by atoms with Gasteiger partial charge in [-0.15, -0.1) is 0 Å². The van der Waals surface area contributed by atoms with E-state index in [4.69, 9.17) is 0 Å². The summed E-state index contributed by atoms with van der Waals surface area (Å²) in [5.41, 5.74) is -0.127. The summed E-state index contributed by atoms with van der Waals surface area (Å²) >= 11 is 0. The molecule has 0 amide bonds. The lowest BCUT2D eigenvalue weighted by atomic mass is 9.65. The van der Waals surface area contributed by atoms with Gasteiger partial charge in [0.2, 0.25) is 0 Å². The number of carboxylic acid groups (broad SMARTS) is 1. The molecule has 0 saturated heterocycles. The Labute approximate surface area is 78.3 Å². The average molecular weight is 180 g/mol. The molecule has 1 spiro atoms. The predicted molar refractivity (Wildman–Crippen MR) is 48.2 cm³/mol. The lowest BCUT2D eigenvalue weighted by molar-refractivity contribution is -0.156. The summed E-state index contributed by atoms with van der Waals surface area (Å²) < 4.78 is 0. The fraction of sp³-hybridized carbons (Fsp3) is 0.909. The van der Waals surface area contributed by atoms with E-state index in [0.29, 0.717) is 5.92 Å². The zero-order chi connectivity index (χ0) is 9.27. The van der Waals surface area contributed by atoms with Crippen LogP contribution in [0.1, 0.15) is 39.0 Å². The zero-order valence-corrected chi connectivity index (χ0v) is 8.05. The summed E-state index contributed by atoms with van der Waals surface area (Å²) in [6.07, 6.45) is 6.01. The second kappa shape index (κ2) is 1.94.